The Hall–Kier alpha value is -3.19. The van der Waals surface area contributed by atoms with Crippen LogP contribution in [0.2, 0.25) is 0 Å². The van der Waals surface area contributed by atoms with Crippen LogP contribution >= 0.6 is 0 Å². The second kappa shape index (κ2) is 8.26. The summed E-state index contributed by atoms with van der Waals surface area (Å²) in [6.07, 6.45) is 0. The zero-order chi connectivity index (χ0) is 18.4. The van der Waals surface area contributed by atoms with Crippen LogP contribution in [0.15, 0.2) is 54.6 Å². The van der Waals surface area contributed by atoms with E-state index in [1.54, 1.807) is 24.3 Å². The smallest absolute Gasteiger partial charge is 0.274 e. The van der Waals surface area contributed by atoms with E-state index in [0.717, 1.165) is 11.3 Å². The maximum atomic E-state index is 12.4. The zero-order valence-corrected chi connectivity index (χ0v) is 14.4. The molecule has 7 nitrogen and oxygen atoms in total. The van der Waals surface area contributed by atoms with Gasteiger partial charge < -0.3 is 15.2 Å². The lowest BCUT2D eigenvalue weighted by molar-refractivity contribution is 0.0942. The Labute approximate surface area is 151 Å². The first-order valence-electron chi connectivity index (χ1n) is 8.33. The third-order valence-corrected chi connectivity index (χ3v) is 3.72. The Balaban J connectivity index is 1.76. The van der Waals surface area contributed by atoms with Crippen LogP contribution in [0.1, 0.15) is 28.7 Å². The number of rotatable bonds is 7. The lowest BCUT2D eigenvalue weighted by Crippen LogP contribution is -2.24. The monoisotopic (exact) mass is 352 g/mol. The topological polar surface area (TPSA) is 89.3 Å². The molecule has 0 saturated heterocycles. The lowest BCUT2D eigenvalue weighted by atomic mass is 10.2. The number of aromatic nitrogens is 3. The number of carbonyl (C=O) groups excluding carboxylic acids is 1. The number of benzene rings is 2. The van der Waals surface area contributed by atoms with Crippen molar-refractivity contribution in [2.24, 2.45) is 0 Å². The summed E-state index contributed by atoms with van der Waals surface area (Å²) in [5.41, 5.74) is 1.98. The van der Waals surface area contributed by atoms with Crippen molar-refractivity contribution in [1.29, 1.82) is 0 Å². The first kappa shape index (κ1) is 17.6. The van der Waals surface area contributed by atoms with E-state index in [1.165, 1.54) is 4.80 Å². The Bertz CT molecular complexity index is 860. The molecular weight excluding hydrogens is 332 g/mol. The maximum absolute atomic E-state index is 12.4. The lowest BCUT2D eigenvalue weighted by Gasteiger charge is -2.04. The highest BCUT2D eigenvalue weighted by Gasteiger charge is 2.18. The maximum Gasteiger partial charge on any atom is 0.274 e. The van der Waals surface area contributed by atoms with Crippen molar-refractivity contribution < 1.29 is 14.6 Å². The number of nitrogens with zero attached hydrogens (tertiary/aromatic N) is 3. The van der Waals surface area contributed by atoms with E-state index in [9.17, 15) is 9.90 Å². The molecule has 1 heterocycles. The zero-order valence-electron chi connectivity index (χ0n) is 14.4. The quantitative estimate of drug-likeness (QED) is 0.680. The van der Waals surface area contributed by atoms with Crippen molar-refractivity contribution >= 4 is 5.91 Å². The van der Waals surface area contributed by atoms with Gasteiger partial charge in [0.25, 0.3) is 5.91 Å². The molecule has 0 fully saturated rings. The fourth-order valence-corrected chi connectivity index (χ4v) is 2.44. The number of ether oxygens (including phenoxy) is 1. The molecule has 3 rings (SSSR count). The summed E-state index contributed by atoms with van der Waals surface area (Å²) in [4.78, 5) is 13.8. The number of amides is 1. The van der Waals surface area contributed by atoms with Gasteiger partial charge in [-0.25, -0.2) is 0 Å². The van der Waals surface area contributed by atoms with Crippen molar-refractivity contribution in [3.05, 3.63) is 71.5 Å². The average molecular weight is 352 g/mol. The van der Waals surface area contributed by atoms with Crippen LogP contribution in [0.5, 0.6) is 5.75 Å². The third-order valence-electron chi connectivity index (χ3n) is 3.72. The summed E-state index contributed by atoms with van der Waals surface area (Å²) in [5, 5.41) is 20.7. The third kappa shape index (κ3) is 4.07. The van der Waals surface area contributed by atoms with Gasteiger partial charge in [-0.3, -0.25) is 4.79 Å². The second-order valence-electron chi connectivity index (χ2n) is 5.54. The van der Waals surface area contributed by atoms with Crippen LogP contribution in [0.25, 0.3) is 5.69 Å². The fourth-order valence-electron chi connectivity index (χ4n) is 2.44. The SMILES string of the molecule is CCOc1ccc(-n2nc(CO)c(C(=O)NCc3ccccc3)n2)cc1. The van der Waals surface area contributed by atoms with Crippen molar-refractivity contribution in [1.82, 2.24) is 20.3 Å². The Morgan fingerprint density at radius 3 is 2.50 bits per heavy atom. The highest BCUT2D eigenvalue weighted by atomic mass is 16.5. The van der Waals surface area contributed by atoms with Gasteiger partial charge in [0.1, 0.15) is 11.4 Å². The number of hydrogen-bond donors (Lipinski definition) is 2. The first-order chi connectivity index (χ1) is 12.7. The molecule has 1 aromatic heterocycles. The van der Waals surface area contributed by atoms with Gasteiger partial charge in [-0.05, 0) is 36.8 Å². The number of aliphatic hydroxyl groups excluding tert-OH is 1. The standard InChI is InChI=1S/C19H20N4O3/c1-2-26-16-10-8-15(9-11-16)23-21-17(13-24)18(22-23)19(25)20-12-14-6-4-3-5-7-14/h3-11,24H,2,12-13H2,1H3,(H,20,25). The summed E-state index contributed by atoms with van der Waals surface area (Å²) >= 11 is 0. The summed E-state index contributed by atoms with van der Waals surface area (Å²) < 4.78 is 5.40. The minimum absolute atomic E-state index is 0.109. The molecule has 134 valence electrons. The average Bonchev–Trinajstić information content (AvgIpc) is 3.12. The molecular formula is C19H20N4O3. The van der Waals surface area contributed by atoms with Crippen LogP contribution in [0.3, 0.4) is 0 Å². The molecule has 0 unspecified atom stereocenters. The largest absolute Gasteiger partial charge is 0.494 e. The highest BCUT2D eigenvalue weighted by molar-refractivity contribution is 5.93. The van der Waals surface area contributed by atoms with Crippen molar-refractivity contribution in [3.63, 3.8) is 0 Å². The molecule has 2 N–H and O–H groups in total. The minimum atomic E-state index is -0.380. The summed E-state index contributed by atoms with van der Waals surface area (Å²) in [5.74, 6) is 0.363. The fraction of sp³-hybridized carbons (Fsp3) is 0.211. The van der Waals surface area contributed by atoms with Crippen LogP contribution < -0.4 is 10.1 Å². The number of carbonyl (C=O) groups is 1. The molecule has 2 aromatic carbocycles. The van der Waals surface area contributed by atoms with Gasteiger partial charge in [-0.2, -0.15) is 4.80 Å². The molecule has 0 saturated carbocycles. The summed E-state index contributed by atoms with van der Waals surface area (Å²) in [6.45, 7) is 2.50. The van der Waals surface area contributed by atoms with E-state index < -0.39 is 0 Å². The van der Waals surface area contributed by atoms with Crippen LogP contribution in [-0.2, 0) is 13.2 Å². The van der Waals surface area contributed by atoms with Crippen molar-refractivity contribution in [3.8, 4) is 11.4 Å². The van der Waals surface area contributed by atoms with Crippen molar-refractivity contribution in [2.45, 2.75) is 20.1 Å². The van der Waals surface area contributed by atoms with Gasteiger partial charge in [-0.15, -0.1) is 10.2 Å². The molecule has 3 aromatic rings. The van der Waals surface area contributed by atoms with Gasteiger partial charge in [0, 0.05) is 6.54 Å². The van der Waals surface area contributed by atoms with Crippen molar-refractivity contribution in [2.75, 3.05) is 6.61 Å². The summed E-state index contributed by atoms with van der Waals surface area (Å²) in [7, 11) is 0. The van der Waals surface area contributed by atoms with Gasteiger partial charge in [0.05, 0.1) is 18.9 Å². The molecule has 0 atom stereocenters. The predicted molar refractivity (Wildman–Crippen MR) is 96.1 cm³/mol. The molecule has 0 aliphatic rings. The molecule has 0 bridgehead atoms. The van der Waals surface area contributed by atoms with Gasteiger partial charge >= 0.3 is 0 Å². The number of aliphatic hydroxyl groups is 1. The van der Waals surface area contributed by atoms with Crippen LogP contribution in [0.4, 0.5) is 0 Å². The first-order valence-corrected chi connectivity index (χ1v) is 8.33. The second-order valence-corrected chi connectivity index (χ2v) is 5.54. The Morgan fingerprint density at radius 1 is 1.12 bits per heavy atom. The Morgan fingerprint density at radius 2 is 1.85 bits per heavy atom. The van der Waals surface area contributed by atoms with Gasteiger partial charge in [-0.1, -0.05) is 30.3 Å². The molecule has 0 spiro atoms. The van der Waals surface area contributed by atoms with E-state index in [4.69, 9.17) is 4.74 Å². The number of hydrogen-bond acceptors (Lipinski definition) is 5. The van der Waals surface area contributed by atoms with Gasteiger partial charge in [0.15, 0.2) is 5.69 Å². The van der Waals surface area contributed by atoms with E-state index >= 15 is 0 Å². The minimum Gasteiger partial charge on any atom is -0.494 e. The normalized spacial score (nSPS) is 10.5. The molecule has 1 amide bonds. The highest BCUT2D eigenvalue weighted by Crippen LogP contribution is 2.15. The molecule has 0 aliphatic heterocycles. The molecule has 7 heteroatoms. The van der Waals surface area contributed by atoms with E-state index in [2.05, 4.69) is 15.5 Å². The summed E-state index contributed by atoms with van der Waals surface area (Å²) in [6, 6.07) is 16.7. The Kier molecular flexibility index (Phi) is 5.60. The van der Waals surface area contributed by atoms with Gasteiger partial charge in [0.2, 0.25) is 0 Å². The van der Waals surface area contributed by atoms with Crippen LogP contribution in [0, 0.1) is 0 Å². The number of nitrogens with one attached hydrogen (secondary N) is 1. The molecule has 26 heavy (non-hydrogen) atoms. The molecule has 0 radical (unpaired) electrons. The van der Waals surface area contributed by atoms with Crippen LogP contribution in [-0.4, -0.2) is 32.6 Å². The molecule has 0 aliphatic carbocycles. The van der Waals surface area contributed by atoms with E-state index in [0.29, 0.717) is 18.8 Å². The van der Waals surface area contributed by atoms with E-state index in [-0.39, 0.29) is 23.9 Å². The van der Waals surface area contributed by atoms with E-state index in [1.807, 2.05) is 37.3 Å². The predicted octanol–water partition coefficient (Wildman–Crippen LogP) is 2.09.